The van der Waals surface area contributed by atoms with Gasteiger partial charge in [-0.1, -0.05) is 12.8 Å². The fraction of sp³-hybridized carbons (Fsp3) is 0.769. The lowest BCUT2D eigenvalue weighted by Crippen LogP contribution is -2.30. The molecule has 0 bridgehead atoms. The van der Waals surface area contributed by atoms with Crippen molar-refractivity contribution in [3.05, 3.63) is 16.1 Å². The Hall–Kier alpha value is -0.410. The summed E-state index contributed by atoms with van der Waals surface area (Å²) in [5, 5.41) is 3.38. The molecule has 0 unspecified atom stereocenters. The first-order chi connectivity index (χ1) is 7.76. The molecule has 1 heterocycles. The van der Waals surface area contributed by atoms with Crippen LogP contribution in [0.4, 0.5) is 0 Å². The zero-order chi connectivity index (χ0) is 11.4. The lowest BCUT2D eigenvalue weighted by Gasteiger charge is -2.28. The van der Waals surface area contributed by atoms with E-state index in [2.05, 4.69) is 24.3 Å². The highest BCUT2D eigenvalue weighted by Crippen LogP contribution is 2.41. The van der Waals surface area contributed by atoms with Crippen LogP contribution in [0, 0.1) is 12.3 Å². The van der Waals surface area contributed by atoms with E-state index in [9.17, 15) is 0 Å². The number of aryl methyl sites for hydroxylation is 2. The van der Waals surface area contributed by atoms with Crippen molar-refractivity contribution in [2.45, 2.75) is 45.4 Å². The van der Waals surface area contributed by atoms with Crippen LogP contribution < -0.4 is 5.32 Å². The average molecular weight is 238 g/mol. The highest BCUT2D eigenvalue weighted by molar-refractivity contribution is 7.09. The van der Waals surface area contributed by atoms with Crippen molar-refractivity contribution in [2.24, 2.45) is 5.41 Å². The van der Waals surface area contributed by atoms with E-state index < -0.39 is 0 Å². The quantitative estimate of drug-likeness (QED) is 0.852. The molecular formula is C13H22N2S. The van der Waals surface area contributed by atoms with Gasteiger partial charge in [0, 0.05) is 11.4 Å². The SMILES string of the molecule is CNCC1(CCc2scnc2C)CCCC1. The summed E-state index contributed by atoms with van der Waals surface area (Å²) < 4.78 is 0. The molecule has 16 heavy (non-hydrogen) atoms. The van der Waals surface area contributed by atoms with E-state index in [1.165, 1.54) is 55.6 Å². The first-order valence-electron chi connectivity index (χ1n) is 6.29. The van der Waals surface area contributed by atoms with E-state index in [1.54, 1.807) is 0 Å². The minimum atomic E-state index is 0.575. The molecule has 3 heteroatoms. The van der Waals surface area contributed by atoms with E-state index in [-0.39, 0.29) is 0 Å². The van der Waals surface area contributed by atoms with Crippen molar-refractivity contribution in [1.29, 1.82) is 0 Å². The molecule has 90 valence electrons. The van der Waals surface area contributed by atoms with Gasteiger partial charge in [-0.25, -0.2) is 4.98 Å². The predicted molar refractivity (Wildman–Crippen MR) is 70.0 cm³/mol. The maximum absolute atomic E-state index is 4.33. The van der Waals surface area contributed by atoms with Crippen LogP contribution in [-0.4, -0.2) is 18.6 Å². The Labute approximate surface area is 102 Å². The second-order valence-electron chi connectivity index (χ2n) is 5.10. The van der Waals surface area contributed by atoms with Crippen LogP contribution in [0.2, 0.25) is 0 Å². The maximum Gasteiger partial charge on any atom is 0.0797 e. The number of hydrogen-bond donors (Lipinski definition) is 1. The molecule has 0 saturated heterocycles. The summed E-state index contributed by atoms with van der Waals surface area (Å²) in [7, 11) is 2.08. The molecule has 0 radical (unpaired) electrons. The van der Waals surface area contributed by atoms with Crippen LogP contribution in [-0.2, 0) is 6.42 Å². The minimum absolute atomic E-state index is 0.575. The molecule has 0 spiro atoms. The van der Waals surface area contributed by atoms with Gasteiger partial charge in [-0.05, 0) is 45.1 Å². The Morgan fingerprint density at radius 2 is 2.19 bits per heavy atom. The molecule has 1 aromatic rings. The Kier molecular flexibility index (Phi) is 3.98. The predicted octanol–water partition coefficient (Wildman–Crippen LogP) is 3.16. The normalized spacial score (nSPS) is 19.1. The van der Waals surface area contributed by atoms with Gasteiger partial charge < -0.3 is 5.32 Å². The molecule has 0 aliphatic heterocycles. The lowest BCUT2D eigenvalue weighted by atomic mass is 9.81. The van der Waals surface area contributed by atoms with Gasteiger partial charge in [0.1, 0.15) is 0 Å². The number of aromatic nitrogens is 1. The molecule has 1 N–H and O–H groups in total. The molecule has 0 aromatic carbocycles. The van der Waals surface area contributed by atoms with E-state index in [0.29, 0.717) is 5.41 Å². The minimum Gasteiger partial charge on any atom is -0.319 e. The average Bonchev–Trinajstić information content (AvgIpc) is 2.86. The van der Waals surface area contributed by atoms with E-state index in [4.69, 9.17) is 0 Å². The van der Waals surface area contributed by atoms with E-state index >= 15 is 0 Å². The van der Waals surface area contributed by atoms with Gasteiger partial charge in [-0.2, -0.15) is 0 Å². The Bertz CT molecular complexity index is 326. The van der Waals surface area contributed by atoms with Crippen LogP contribution in [0.3, 0.4) is 0 Å². The third kappa shape index (κ3) is 2.64. The molecule has 1 saturated carbocycles. The second kappa shape index (κ2) is 5.28. The van der Waals surface area contributed by atoms with Gasteiger partial charge in [0.05, 0.1) is 11.2 Å². The summed E-state index contributed by atoms with van der Waals surface area (Å²) in [4.78, 5) is 5.82. The fourth-order valence-corrected chi connectivity index (χ4v) is 3.74. The summed E-state index contributed by atoms with van der Waals surface area (Å²) in [6, 6.07) is 0. The number of thiazole rings is 1. The third-order valence-electron chi connectivity index (χ3n) is 3.94. The van der Waals surface area contributed by atoms with Crippen LogP contribution in [0.25, 0.3) is 0 Å². The van der Waals surface area contributed by atoms with Crippen LogP contribution in [0.15, 0.2) is 5.51 Å². The first-order valence-corrected chi connectivity index (χ1v) is 7.17. The summed E-state index contributed by atoms with van der Waals surface area (Å²) in [5.74, 6) is 0. The Morgan fingerprint density at radius 1 is 1.44 bits per heavy atom. The maximum atomic E-state index is 4.33. The van der Waals surface area contributed by atoms with Crippen LogP contribution >= 0.6 is 11.3 Å². The smallest absolute Gasteiger partial charge is 0.0797 e. The van der Waals surface area contributed by atoms with Crippen molar-refractivity contribution in [2.75, 3.05) is 13.6 Å². The van der Waals surface area contributed by atoms with Gasteiger partial charge in [0.25, 0.3) is 0 Å². The monoisotopic (exact) mass is 238 g/mol. The number of nitrogens with zero attached hydrogens (tertiary/aromatic N) is 1. The van der Waals surface area contributed by atoms with Gasteiger partial charge in [-0.3, -0.25) is 0 Å². The molecule has 0 amide bonds. The first kappa shape index (κ1) is 12.1. The molecule has 1 fully saturated rings. The van der Waals surface area contributed by atoms with Crippen molar-refractivity contribution in [3.8, 4) is 0 Å². The standard InChI is InChI=1S/C13H22N2S/c1-11-12(16-10-15-11)5-8-13(9-14-2)6-3-4-7-13/h10,14H,3-9H2,1-2H3. The molecule has 1 aliphatic rings. The zero-order valence-electron chi connectivity index (χ0n) is 10.4. The second-order valence-corrected chi connectivity index (χ2v) is 6.04. The van der Waals surface area contributed by atoms with E-state index in [1.807, 2.05) is 16.8 Å². The topological polar surface area (TPSA) is 24.9 Å². The Balaban J connectivity index is 1.94. The van der Waals surface area contributed by atoms with Gasteiger partial charge in [0.15, 0.2) is 0 Å². The molecule has 2 rings (SSSR count). The summed E-state index contributed by atoms with van der Waals surface area (Å²) in [6.45, 7) is 3.32. The van der Waals surface area contributed by atoms with Gasteiger partial charge in [-0.15, -0.1) is 11.3 Å². The van der Waals surface area contributed by atoms with Crippen LogP contribution in [0.5, 0.6) is 0 Å². The number of rotatable bonds is 5. The third-order valence-corrected chi connectivity index (χ3v) is 4.94. The zero-order valence-corrected chi connectivity index (χ0v) is 11.2. The molecule has 2 nitrogen and oxygen atoms in total. The molecule has 0 atom stereocenters. The highest BCUT2D eigenvalue weighted by atomic mass is 32.1. The molecule has 1 aromatic heterocycles. The van der Waals surface area contributed by atoms with Gasteiger partial charge in [0.2, 0.25) is 0 Å². The summed E-state index contributed by atoms with van der Waals surface area (Å²) in [5.41, 5.74) is 3.79. The van der Waals surface area contributed by atoms with Crippen molar-refractivity contribution < 1.29 is 0 Å². The lowest BCUT2D eigenvalue weighted by molar-refractivity contribution is 0.265. The van der Waals surface area contributed by atoms with Crippen molar-refractivity contribution >= 4 is 11.3 Å². The highest BCUT2D eigenvalue weighted by Gasteiger charge is 2.32. The Morgan fingerprint density at radius 3 is 2.75 bits per heavy atom. The van der Waals surface area contributed by atoms with Gasteiger partial charge >= 0.3 is 0 Å². The van der Waals surface area contributed by atoms with Crippen LogP contribution in [0.1, 0.15) is 42.7 Å². The number of hydrogen-bond acceptors (Lipinski definition) is 3. The molecular weight excluding hydrogens is 216 g/mol. The van der Waals surface area contributed by atoms with Crippen molar-refractivity contribution in [1.82, 2.24) is 10.3 Å². The van der Waals surface area contributed by atoms with Crippen molar-refractivity contribution in [3.63, 3.8) is 0 Å². The summed E-state index contributed by atoms with van der Waals surface area (Å²) in [6.07, 6.45) is 8.21. The fourth-order valence-electron chi connectivity index (χ4n) is 2.96. The molecule has 1 aliphatic carbocycles. The number of nitrogens with one attached hydrogen (secondary N) is 1. The summed E-state index contributed by atoms with van der Waals surface area (Å²) >= 11 is 1.82. The van der Waals surface area contributed by atoms with E-state index in [0.717, 1.165) is 0 Å². The largest absolute Gasteiger partial charge is 0.319 e.